The van der Waals surface area contributed by atoms with Crippen LogP contribution >= 0.6 is 12.4 Å². The molecule has 1 aromatic carbocycles. The van der Waals surface area contributed by atoms with E-state index in [4.69, 9.17) is 0 Å². The summed E-state index contributed by atoms with van der Waals surface area (Å²) in [5, 5.41) is 6.33. The van der Waals surface area contributed by atoms with Gasteiger partial charge in [-0.2, -0.15) is 0 Å². The van der Waals surface area contributed by atoms with Crippen LogP contribution in [0.25, 0.3) is 0 Å². The molecule has 2 aliphatic heterocycles. The minimum atomic E-state index is 0. The van der Waals surface area contributed by atoms with Gasteiger partial charge in [0.1, 0.15) is 0 Å². The predicted octanol–water partition coefficient (Wildman–Crippen LogP) is 1.99. The number of fused-ring (bicyclic) bond motifs is 1. The number of amides is 2. The molecule has 1 aliphatic carbocycles. The highest BCUT2D eigenvalue weighted by Gasteiger charge is 2.39. The molecule has 0 bridgehead atoms. The van der Waals surface area contributed by atoms with Crippen LogP contribution in [0.5, 0.6) is 0 Å². The Morgan fingerprint density at radius 3 is 2.50 bits per heavy atom. The highest BCUT2D eigenvalue weighted by atomic mass is 35.5. The molecule has 3 aliphatic rings. The highest BCUT2D eigenvalue weighted by molar-refractivity contribution is 5.98. The number of halogens is 1. The number of carbonyl (C=O) groups is 2. The van der Waals surface area contributed by atoms with Gasteiger partial charge in [0.25, 0.3) is 5.91 Å². The molecule has 2 saturated heterocycles. The minimum absolute atomic E-state index is 0. The van der Waals surface area contributed by atoms with Crippen molar-refractivity contribution >= 4 is 29.9 Å². The summed E-state index contributed by atoms with van der Waals surface area (Å²) in [5.74, 6) is 1.97. The summed E-state index contributed by atoms with van der Waals surface area (Å²) in [6.07, 6.45) is 0.967. The van der Waals surface area contributed by atoms with Gasteiger partial charge in [0.2, 0.25) is 5.91 Å². The molecule has 2 unspecified atom stereocenters. The monoisotopic (exact) mass is 349 g/mol. The van der Waals surface area contributed by atoms with E-state index in [1.807, 2.05) is 23.1 Å². The first kappa shape index (κ1) is 17.2. The van der Waals surface area contributed by atoms with Gasteiger partial charge < -0.3 is 15.5 Å². The SMILES string of the molecule is CC1CC1C(=O)Nc1cccc(C(=O)N2C[C@H]3CNC[C@H]3C2)c1.Cl. The van der Waals surface area contributed by atoms with E-state index in [0.717, 1.165) is 38.3 Å². The second-order valence-corrected chi connectivity index (χ2v) is 7.28. The first-order valence-corrected chi connectivity index (χ1v) is 8.52. The van der Waals surface area contributed by atoms with Crippen molar-refractivity contribution in [2.75, 3.05) is 31.5 Å². The number of rotatable bonds is 3. The van der Waals surface area contributed by atoms with Gasteiger partial charge in [-0.15, -0.1) is 12.4 Å². The fourth-order valence-corrected chi connectivity index (χ4v) is 3.86. The van der Waals surface area contributed by atoms with E-state index < -0.39 is 0 Å². The number of hydrogen-bond acceptors (Lipinski definition) is 3. The Hall–Kier alpha value is -1.59. The van der Waals surface area contributed by atoms with Crippen LogP contribution in [0.2, 0.25) is 0 Å². The fourth-order valence-electron chi connectivity index (χ4n) is 3.86. The van der Waals surface area contributed by atoms with Crippen LogP contribution < -0.4 is 10.6 Å². The lowest BCUT2D eigenvalue weighted by Gasteiger charge is -2.18. The van der Waals surface area contributed by atoms with Crippen LogP contribution in [0.3, 0.4) is 0 Å². The molecule has 4 atom stereocenters. The van der Waals surface area contributed by atoms with Crippen LogP contribution in [-0.4, -0.2) is 42.9 Å². The van der Waals surface area contributed by atoms with Crippen LogP contribution in [0.15, 0.2) is 24.3 Å². The lowest BCUT2D eigenvalue weighted by atomic mass is 10.0. The van der Waals surface area contributed by atoms with Gasteiger partial charge in [-0.25, -0.2) is 0 Å². The zero-order chi connectivity index (χ0) is 16.0. The largest absolute Gasteiger partial charge is 0.338 e. The van der Waals surface area contributed by atoms with Crippen LogP contribution in [0, 0.1) is 23.7 Å². The quantitative estimate of drug-likeness (QED) is 0.877. The summed E-state index contributed by atoms with van der Waals surface area (Å²) in [7, 11) is 0. The molecule has 5 nitrogen and oxygen atoms in total. The van der Waals surface area contributed by atoms with Crippen molar-refractivity contribution in [3.8, 4) is 0 Å². The van der Waals surface area contributed by atoms with Crippen molar-refractivity contribution in [2.45, 2.75) is 13.3 Å². The fraction of sp³-hybridized carbons (Fsp3) is 0.556. The number of carbonyl (C=O) groups excluding carboxylic acids is 2. The molecule has 0 aromatic heterocycles. The average Bonchev–Trinajstić information content (AvgIpc) is 2.94. The maximum absolute atomic E-state index is 12.7. The third-order valence-electron chi connectivity index (χ3n) is 5.50. The second-order valence-electron chi connectivity index (χ2n) is 7.28. The first-order valence-electron chi connectivity index (χ1n) is 8.52. The van der Waals surface area contributed by atoms with E-state index in [1.165, 1.54) is 0 Å². The molecule has 0 spiro atoms. The smallest absolute Gasteiger partial charge is 0.253 e. The van der Waals surface area contributed by atoms with Gasteiger partial charge >= 0.3 is 0 Å². The third kappa shape index (κ3) is 3.28. The molecule has 2 heterocycles. The maximum Gasteiger partial charge on any atom is 0.253 e. The zero-order valence-electron chi connectivity index (χ0n) is 13.8. The number of likely N-dealkylation sites (tertiary alicyclic amines) is 1. The topological polar surface area (TPSA) is 61.4 Å². The average molecular weight is 350 g/mol. The number of hydrogen-bond donors (Lipinski definition) is 2. The summed E-state index contributed by atoms with van der Waals surface area (Å²) in [5.41, 5.74) is 1.39. The number of benzene rings is 1. The van der Waals surface area contributed by atoms with Crippen LogP contribution in [-0.2, 0) is 4.79 Å². The minimum Gasteiger partial charge on any atom is -0.338 e. The van der Waals surface area contributed by atoms with Crippen molar-refractivity contribution in [3.05, 3.63) is 29.8 Å². The first-order chi connectivity index (χ1) is 11.1. The van der Waals surface area contributed by atoms with Crippen molar-refractivity contribution in [1.29, 1.82) is 0 Å². The van der Waals surface area contributed by atoms with Gasteiger partial charge in [0.15, 0.2) is 0 Å². The third-order valence-corrected chi connectivity index (χ3v) is 5.50. The van der Waals surface area contributed by atoms with E-state index >= 15 is 0 Å². The number of nitrogens with one attached hydrogen (secondary N) is 2. The number of anilines is 1. The van der Waals surface area contributed by atoms with Crippen molar-refractivity contribution < 1.29 is 9.59 Å². The molecule has 0 radical (unpaired) electrons. The molecule has 1 saturated carbocycles. The Morgan fingerprint density at radius 1 is 1.21 bits per heavy atom. The summed E-state index contributed by atoms with van der Waals surface area (Å²) in [4.78, 5) is 26.7. The predicted molar refractivity (Wildman–Crippen MR) is 95.3 cm³/mol. The maximum atomic E-state index is 12.7. The van der Waals surface area contributed by atoms with Gasteiger partial charge in [0.05, 0.1) is 0 Å². The molecule has 3 fully saturated rings. The lowest BCUT2D eigenvalue weighted by molar-refractivity contribution is -0.117. The van der Waals surface area contributed by atoms with E-state index in [-0.39, 0.29) is 30.1 Å². The van der Waals surface area contributed by atoms with E-state index in [1.54, 1.807) is 6.07 Å². The van der Waals surface area contributed by atoms with Gasteiger partial charge in [-0.3, -0.25) is 9.59 Å². The standard InChI is InChI=1S/C18H23N3O2.ClH/c1-11-5-16(11)17(22)20-15-4-2-3-12(6-15)18(23)21-9-13-7-19-8-14(13)10-21;/h2-4,6,11,13-14,16,19H,5,7-10H2,1H3,(H,20,22);1H/t11?,13-,14+,16?;. The second kappa shape index (κ2) is 6.73. The normalized spacial score (nSPS) is 30.5. The summed E-state index contributed by atoms with van der Waals surface area (Å²) in [6.45, 7) is 5.80. The molecule has 2 amide bonds. The van der Waals surface area contributed by atoms with E-state index in [9.17, 15) is 9.59 Å². The Morgan fingerprint density at radius 2 is 1.88 bits per heavy atom. The van der Waals surface area contributed by atoms with E-state index in [2.05, 4.69) is 17.6 Å². The molecule has 6 heteroatoms. The molecule has 4 rings (SSSR count). The van der Waals surface area contributed by atoms with Gasteiger partial charge in [0, 0.05) is 43.3 Å². The van der Waals surface area contributed by atoms with E-state index in [0.29, 0.717) is 23.3 Å². The molecular weight excluding hydrogens is 326 g/mol. The molecule has 2 N–H and O–H groups in total. The van der Waals surface area contributed by atoms with Gasteiger partial charge in [-0.05, 0) is 42.4 Å². The summed E-state index contributed by atoms with van der Waals surface area (Å²) in [6, 6.07) is 7.34. The van der Waals surface area contributed by atoms with Crippen molar-refractivity contribution in [1.82, 2.24) is 10.2 Å². The van der Waals surface area contributed by atoms with Gasteiger partial charge in [-0.1, -0.05) is 13.0 Å². The Labute approximate surface area is 148 Å². The lowest BCUT2D eigenvalue weighted by Crippen LogP contribution is -2.31. The van der Waals surface area contributed by atoms with Crippen LogP contribution in [0.4, 0.5) is 5.69 Å². The highest BCUT2D eigenvalue weighted by Crippen LogP contribution is 2.38. The molecule has 1 aromatic rings. The number of nitrogens with zero attached hydrogens (tertiary/aromatic N) is 1. The summed E-state index contributed by atoms with van der Waals surface area (Å²) >= 11 is 0. The summed E-state index contributed by atoms with van der Waals surface area (Å²) < 4.78 is 0. The van der Waals surface area contributed by atoms with Crippen molar-refractivity contribution in [3.63, 3.8) is 0 Å². The Kier molecular flexibility index (Phi) is 4.83. The molecule has 130 valence electrons. The van der Waals surface area contributed by atoms with Crippen molar-refractivity contribution in [2.24, 2.45) is 23.7 Å². The Bertz CT molecular complexity index is 639. The van der Waals surface area contributed by atoms with Crippen LogP contribution in [0.1, 0.15) is 23.7 Å². The Balaban J connectivity index is 0.00000169. The molecule has 24 heavy (non-hydrogen) atoms. The molecular formula is C18H24ClN3O2. The zero-order valence-corrected chi connectivity index (χ0v) is 14.6.